The van der Waals surface area contributed by atoms with E-state index in [2.05, 4.69) is 10.1 Å². The van der Waals surface area contributed by atoms with Gasteiger partial charge < -0.3 is 14.8 Å². The van der Waals surface area contributed by atoms with E-state index in [9.17, 15) is 22.8 Å². The van der Waals surface area contributed by atoms with E-state index >= 15 is 0 Å². The minimum Gasteiger partial charge on any atom is -0.469 e. The topological polar surface area (TPSA) is 64.6 Å². The average molecular weight is 373 g/mol. The standard InChI is InChI=1S/C18H22F3NO4/c1-25-15(23)8-7-11-9-12(10-11)22-17(24)16(26-2)13-5-3-4-6-14(13)18(19,20)21/h3-6,11-12,16H,7-10H2,1-2H3,(H,22,24). The van der Waals surface area contributed by atoms with Gasteiger partial charge in [-0.05, 0) is 31.2 Å². The highest BCUT2D eigenvalue weighted by molar-refractivity contribution is 5.83. The molecule has 1 N–H and O–H groups in total. The Labute approximate surface area is 149 Å². The van der Waals surface area contributed by atoms with Crippen LogP contribution in [-0.2, 0) is 25.2 Å². The molecule has 2 rings (SSSR count). The number of ether oxygens (including phenoxy) is 2. The number of carbonyl (C=O) groups excluding carboxylic acids is 2. The van der Waals surface area contributed by atoms with E-state index < -0.39 is 23.8 Å². The van der Waals surface area contributed by atoms with Crippen LogP contribution < -0.4 is 5.32 Å². The van der Waals surface area contributed by atoms with Crippen LogP contribution in [0, 0.1) is 5.92 Å². The Kier molecular flexibility index (Phi) is 6.63. The Balaban J connectivity index is 1.94. The molecule has 0 spiro atoms. The summed E-state index contributed by atoms with van der Waals surface area (Å²) in [5.41, 5.74) is -1.09. The molecule has 0 aromatic heterocycles. The third-order valence-electron chi connectivity index (χ3n) is 4.59. The van der Waals surface area contributed by atoms with Crippen molar-refractivity contribution in [3.63, 3.8) is 0 Å². The number of nitrogens with one attached hydrogen (secondary N) is 1. The monoisotopic (exact) mass is 373 g/mol. The molecule has 1 amide bonds. The highest BCUT2D eigenvalue weighted by Crippen LogP contribution is 2.36. The fraction of sp³-hybridized carbons (Fsp3) is 0.556. The van der Waals surface area contributed by atoms with E-state index in [0.717, 1.165) is 6.07 Å². The van der Waals surface area contributed by atoms with Gasteiger partial charge in [-0.15, -0.1) is 0 Å². The quantitative estimate of drug-likeness (QED) is 0.746. The maximum Gasteiger partial charge on any atom is 0.416 e. The SMILES string of the molecule is COC(=O)CCC1CC(NC(=O)C(OC)c2ccccc2C(F)(F)F)C1. The predicted octanol–water partition coefficient (Wildman–Crippen LogP) is 3.24. The summed E-state index contributed by atoms with van der Waals surface area (Å²) in [5.74, 6) is -0.579. The summed E-state index contributed by atoms with van der Waals surface area (Å²) in [6.07, 6.45) is -3.55. The molecule has 144 valence electrons. The lowest BCUT2D eigenvalue weighted by Gasteiger charge is -2.36. The van der Waals surface area contributed by atoms with Gasteiger partial charge >= 0.3 is 12.1 Å². The Morgan fingerprint density at radius 3 is 2.46 bits per heavy atom. The molecule has 1 aliphatic rings. The van der Waals surface area contributed by atoms with Crippen molar-refractivity contribution in [3.8, 4) is 0 Å². The highest BCUT2D eigenvalue weighted by atomic mass is 19.4. The molecular formula is C18H22F3NO4. The van der Waals surface area contributed by atoms with Crippen LogP contribution in [0.15, 0.2) is 24.3 Å². The Morgan fingerprint density at radius 2 is 1.88 bits per heavy atom. The van der Waals surface area contributed by atoms with Crippen molar-refractivity contribution < 1.29 is 32.2 Å². The van der Waals surface area contributed by atoms with Gasteiger partial charge in [-0.3, -0.25) is 9.59 Å². The fourth-order valence-corrected chi connectivity index (χ4v) is 3.15. The molecule has 0 aliphatic heterocycles. The van der Waals surface area contributed by atoms with Gasteiger partial charge in [-0.25, -0.2) is 0 Å². The molecule has 1 saturated carbocycles. The van der Waals surface area contributed by atoms with Crippen LogP contribution in [0.2, 0.25) is 0 Å². The van der Waals surface area contributed by atoms with E-state index in [0.29, 0.717) is 31.6 Å². The summed E-state index contributed by atoms with van der Waals surface area (Å²) in [6, 6.07) is 4.77. The summed E-state index contributed by atoms with van der Waals surface area (Å²) in [5, 5.41) is 2.73. The zero-order chi connectivity index (χ0) is 19.3. The third kappa shape index (κ3) is 4.97. The lowest BCUT2D eigenvalue weighted by molar-refractivity contribution is -0.143. The van der Waals surface area contributed by atoms with E-state index in [1.807, 2.05) is 0 Å². The molecule has 0 heterocycles. The zero-order valence-corrected chi connectivity index (χ0v) is 14.6. The van der Waals surface area contributed by atoms with Gasteiger partial charge in [0.25, 0.3) is 5.91 Å². The number of halogens is 3. The van der Waals surface area contributed by atoms with Crippen molar-refractivity contribution in [1.82, 2.24) is 5.32 Å². The second-order valence-corrected chi connectivity index (χ2v) is 6.36. The average Bonchev–Trinajstić information content (AvgIpc) is 2.56. The van der Waals surface area contributed by atoms with E-state index in [1.54, 1.807) is 0 Å². The molecule has 1 fully saturated rings. The Bertz CT molecular complexity index is 642. The second kappa shape index (κ2) is 8.53. The summed E-state index contributed by atoms with van der Waals surface area (Å²) in [4.78, 5) is 23.5. The first-order valence-electron chi connectivity index (χ1n) is 8.32. The number of benzene rings is 1. The number of carbonyl (C=O) groups is 2. The molecule has 1 aromatic rings. The van der Waals surface area contributed by atoms with E-state index in [-0.39, 0.29) is 17.6 Å². The molecule has 1 unspecified atom stereocenters. The van der Waals surface area contributed by atoms with Crippen LogP contribution in [-0.4, -0.2) is 32.1 Å². The van der Waals surface area contributed by atoms with Crippen molar-refractivity contribution >= 4 is 11.9 Å². The van der Waals surface area contributed by atoms with Crippen LogP contribution in [0.1, 0.15) is 42.9 Å². The van der Waals surface area contributed by atoms with Crippen molar-refractivity contribution in [1.29, 1.82) is 0 Å². The number of methoxy groups -OCH3 is 2. The maximum absolute atomic E-state index is 13.2. The van der Waals surface area contributed by atoms with Gasteiger partial charge in [0.15, 0.2) is 6.10 Å². The van der Waals surface area contributed by atoms with Gasteiger partial charge in [0.2, 0.25) is 0 Å². The number of esters is 1. The normalized spacial score (nSPS) is 20.8. The first-order valence-corrected chi connectivity index (χ1v) is 8.32. The lowest BCUT2D eigenvalue weighted by Crippen LogP contribution is -2.46. The Morgan fingerprint density at radius 1 is 1.23 bits per heavy atom. The van der Waals surface area contributed by atoms with Crippen LogP contribution in [0.3, 0.4) is 0 Å². The molecule has 26 heavy (non-hydrogen) atoms. The minimum absolute atomic E-state index is 0.124. The molecule has 0 bridgehead atoms. The number of hydrogen-bond donors (Lipinski definition) is 1. The number of alkyl halides is 3. The van der Waals surface area contributed by atoms with Crippen LogP contribution >= 0.6 is 0 Å². The highest BCUT2D eigenvalue weighted by Gasteiger charge is 2.38. The van der Waals surface area contributed by atoms with Crippen molar-refractivity contribution in [3.05, 3.63) is 35.4 Å². The molecule has 5 nitrogen and oxygen atoms in total. The summed E-state index contributed by atoms with van der Waals surface area (Å²) in [7, 11) is 2.53. The summed E-state index contributed by atoms with van der Waals surface area (Å²) < 4.78 is 49.1. The molecule has 1 atom stereocenters. The molecule has 0 radical (unpaired) electrons. The van der Waals surface area contributed by atoms with Crippen molar-refractivity contribution in [2.75, 3.05) is 14.2 Å². The second-order valence-electron chi connectivity index (χ2n) is 6.36. The molecule has 1 aliphatic carbocycles. The van der Waals surface area contributed by atoms with Gasteiger partial charge in [-0.2, -0.15) is 13.2 Å². The van der Waals surface area contributed by atoms with Gasteiger partial charge in [0.1, 0.15) is 0 Å². The first kappa shape index (κ1) is 20.2. The van der Waals surface area contributed by atoms with Gasteiger partial charge in [-0.1, -0.05) is 18.2 Å². The van der Waals surface area contributed by atoms with Crippen LogP contribution in [0.25, 0.3) is 0 Å². The fourth-order valence-electron chi connectivity index (χ4n) is 3.15. The zero-order valence-electron chi connectivity index (χ0n) is 14.6. The molecular weight excluding hydrogens is 351 g/mol. The maximum atomic E-state index is 13.2. The lowest BCUT2D eigenvalue weighted by atomic mass is 9.77. The molecule has 8 heteroatoms. The number of hydrogen-bond acceptors (Lipinski definition) is 4. The van der Waals surface area contributed by atoms with Gasteiger partial charge in [0, 0.05) is 25.1 Å². The summed E-state index contributed by atoms with van der Waals surface area (Å²) >= 11 is 0. The van der Waals surface area contributed by atoms with Gasteiger partial charge in [0.05, 0.1) is 12.7 Å². The summed E-state index contributed by atoms with van der Waals surface area (Å²) in [6.45, 7) is 0. The number of amides is 1. The number of rotatable bonds is 7. The van der Waals surface area contributed by atoms with E-state index in [1.165, 1.54) is 32.4 Å². The largest absolute Gasteiger partial charge is 0.469 e. The third-order valence-corrected chi connectivity index (χ3v) is 4.59. The first-order chi connectivity index (χ1) is 12.3. The van der Waals surface area contributed by atoms with Crippen LogP contribution in [0.4, 0.5) is 13.2 Å². The van der Waals surface area contributed by atoms with Crippen LogP contribution in [0.5, 0.6) is 0 Å². The smallest absolute Gasteiger partial charge is 0.416 e. The van der Waals surface area contributed by atoms with Crippen molar-refractivity contribution in [2.24, 2.45) is 5.92 Å². The Hall–Kier alpha value is -2.09. The van der Waals surface area contributed by atoms with E-state index in [4.69, 9.17) is 4.74 Å². The van der Waals surface area contributed by atoms with Crippen molar-refractivity contribution in [2.45, 2.75) is 44.0 Å². The minimum atomic E-state index is -4.57. The molecule has 0 saturated heterocycles. The molecule has 1 aromatic carbocycles. The predicted molar refractivity (Wildman–Crippen MR) is 87.1 cm³/mol.